The van der Waals surface area contributed by atoms with Gasteiger partial charge in [-0.05, 0) is 0 Å². The number of rotatable bonds is 2. The Labute approximate surface area is 76.2 Å². The van der Waals surface area contributed by atoms with Gasteiger partial charge >= 0.3 is 0 Å². The van der Waals surface area contributed by atoms with Crippen LogP contribution in [-0.2, 0) is 14.3 Å². The summed E-state index contributed by atoms with van der Waals surface area (Å²) in [5, 5.41) is 0. The minimum atomic E-state index is -0.210. The lowest BCUT2D eigenvalue weighted by Crippen LogP contribution is -2.50. The average Bonchev–Trinajstić information content (AvgIpc) is 2.33. The summed E-state index contributed by atoms with van der Waals surface area (Å²) in [6, 6.07) is 0. The molecule has 0 aromatic heterocycles. The highest BCUT2D eigenvalue weighted by molar-refractivity contribution is 6.12. The molecule has 70 valence electrons. The smallest absolute Gasteiger partial charge is 0.253 e. The van der Waals surface area contributed by atoms with E-state index in [1.165, 1.54) is 17.1 Å². The van der Waals surface area contributed by atoms with Gasteiger partial charge in [-0.1, -0.05) is 6.92 Å². The van der Waals surface area contributed by atoms with Crippen LogP contribution in [0.25, 0.3) is 0 Å². The van der Waals surface area contributed by atoms with E-state index in [1.807, 2.05) is 6.92 Å². The van der Waals surface area contributed by atoms with Gasteiger partial charge in [-0.15, -0.1) is 0 Å². The second kappa shape index (κ2) is 2.67. The predicted octanol–water partition coefficient (Wildman–Crippen LogP) is -0.0521. The van der Waals surface area contributed by atoms with Crippen LogP contribution in [0.4, 0.5) is 0 Å². The van der Waals surface area contributed by atoms with Gasteiger partial charge < -0.3 is 4.74 Å². The summed E-state index contributed by atoms with van der Waals surface area (Å²) in [5.41, 5.74) is -0.0304. The molecule has 0 unspecified atom stereocenters. The molecule has 13 heavy (non-hydrogen) atoms. The van der Waals surface area contributed by atoms with Crippen LogP contribution < -0.4 is 0 Å². The average molecular weight is 181 g/mol. The molecule has 0 saturated carbocycles. The maximum atomic E-state index is 11.2. The summed E-state index contributed by atoms with van der Waals surface area (Å²) >= 11 is 0. The van der Waals surface area contributed by atoms with E-state index >= 15 is 0 Å². The molecule has 2 heterocycles. The van der Waals surface area contributed by atoms with Crippen molar-refractivity contribution in [1.82, 2.24) is 4.90 Å². The molecule has 0 N–H and O–H groups in total. The van der Waals surface area contributed by atoms with Gasteiger partial charge in [-0.3, -0.25) is 14.5 Å². The molecular formula is C9H11NO3. The number of hydrogen-bond donors (Lipinski definition) is 0. The lowest BCUT2D eigenvalue weighted by molar-refractivity contribution is -0.149. The van der Waals surface area contributed by atoms with Gasteiger partial charge in [0.2, 0.25) is 0 Å². The second-order valence-corrected chi connectivity index (χ2v) is 3.90. The Morgan fingerprint density at radius 3 is 2.31 bits per heavy atom. The summed E-state index contributed by atoms with van der Waals surface area (Å²) in [6.07, 6.45) is 2.62. The van der Waals surface area contributed by atoms with E-state index in [4.69, 9.17) is 4.74 Å². The molecule has 4 nitrogen and oxygen atoms in total. The van der Waals surface area contributed by atoms with Crippen LogP contribution >= 0.6 is 0 Å². The molecular weight excluding hydrogens is 170 g/mol. The van der Waals surface area contributed by atoms with Gasteiger partial charge in [0, 0.05) is 24.1 Å². The maximum Gasteiger partial charge on any atom is 0.253 e. The summed E-state index contributed by atoms with van der Waals surface area (Å²) in [5.74, 6) is -0.420. The molecule has 4 heteroatoms. The quantitative estimate of drug-likeness (QED) is 0.561. The predicted molar refractivity (Wildman–Crippen MR) is 44.8 cm³/mol. The first-order valence-corrected chi connectivity index (χ1v) is 4.22. The number of amides is 2. The van der Waals surface area contributed by atoms with Crippen LogP contribution in [0, 0.1) is 5.41 Å². The van der Waals surface area contributed by atoms with E-state index in [9.17, 15) is 9.59 Å². The van der Waals surface area contributed by atoms with Crippen molar-refractivity contribution < 1.29 is 14.3 Å². The van der Waals surface area contributed by atoms with Crippen molar-refractivity contribution in [2.75, 3.05) is 19.8 Å². The third-order valence-corrected chi connectivity index (χ3v) is 2.34. The van der Waals surface area contributed by atoms with E-state index < -0.39 is 0 Å². The minimum absolute atomic E-state index is 0.0304. The van der Waals surface area contributed by atoms with Crippen LogP contribution in [0.3, 0.4) is 0 Å². The molecule has 2 amide bonds. The number of imide groups is 1. The van der Waals surface area contributed by atoms with Crippen LogP contribution in [0.5, 0.6) is 0 Å². The summed E-state index contributed by atoms with van der Waals surface area (Å²) in [4.78, 5) is 23.6. The van der Waals surface area contributed by atoms with Crippen molar-refractivity contribution in [2.24, 2.45) is 5.41 Å². The van der Waals surface area contributed by atoms with E-state index in [1.54, 1.807) is 0 Å². The third-order valence-electron chi connectivity index (χ3n) is 2.34. The van der Waals surface area contributed by atoms with Gasteiger partial charge in [0.1, 0.15) is 0 Å². The molecule has 0 spiro atoms. The van der Waals surface area contributed by atoms with Gasteiger partial charge in [0.05, 0.1) is 13.2 Å². The molecule has 0 radical (unpaired) electrons. The largest absolute Gasteiger partial charge is 0.380 e. The van der Waals surface area contributed by atoms with Crippen LogP contribution in [0.2, 0.25) is 0 Å². The summed E-state index contributed by atoms with van der Waals surface area (Å²) < 4.78 is 5.05. The first kappa shape index (κ1) is 8.44. The number of nitrogens with zero attached hydrogens (tertiary/aromatic N) is 1. The van der Waals surface area contributed by atoms with Gasteiger partial charge in [-0.2, -0.15) is 0 Å². The third kappa shape index (κ3) is 1.37. The SMILES string of the molecule is CC1(CN2C(=O)C=CC2=O)COC1. The van der Waals surface area contributed by atoms with Crippen molar-refractivity contribution in [2.45, 2.75) is 6.92 Å². The Morgan fingerprint density at radius 2 is 1.92 bits per heavy atom. The normalized spacial score (nSPS) is 25.2. The molecule has 1 saturated heterocycles. The summed E-state index contributed by atoms with van der Waals surface area (Å²) in [7, 11) is 0. The van der Waals surface area contributed by atoms with E-state index in [0.29, 0.717) is 19.8 Å². The first-order valence-electron chi connectivity index (χ1n) is 4.22. The molecule has 0 aliphatic carbocycles. The Hall–Kier alpha value is -1.16. The Bertz CT molecular complexity index is 273. The van der Waals surface area contributed by atoms with Crippen LogP contribution in [-0.4, -0.2) is 36.5 Å². The van der Waals surface area contributed by atoms with Crippen molar-refractivity contribution in [3.8, 4) is 0 Å². The van der Waals surface area contributed by atoms with Gasteiger partial charge in [-0.25, -0.2) is 0 Å². The highest BCUT2D eigenvalue weighted by Crippen LogP contribution is 2.28. The van der Waals surface area contributed by atoms with Crippen molar-refractivity contribution in [3.63, 3.8) is 0 Å². The number of hydrogen-bond acceptors (Lipinski definition) is 3. The van der Waals surface area contributed by atoms with E-state index in [-0.39, 0.29) is 17.2 Å². The molecule has 2 aliphatic heterocycles. The highest BCUT2D eigenvalue weighted by atomic mass is 16.5. The maximum absolute atomic E-state index is 11.2. The molecule has 0 bridgehead atoms. The second-order valence-electron chi connectivity index (χ2n) is 3.90. The molecule has 0 atom stereocenters. The Kier molecular flexibility index (Phi) is 1.73. The van der Waals surface area contributed by atoms with Gasteiger partial charge in [0.25, 0.3) is 11.8 Å². The minimum Gasteiger partial charge on any atom is -0.380 e. The van der Waals surface area contributed by atoms with Crippen molar-refractivity contribution in [1.29, 1.82) is 0 Å². The van der Waals surface area contributed by atoms with Gasteiger partial charge in [0.15, 0.2) is 0 Å². The fourth-order valence-corrected chi connectivity index (χ4v) is 1.51. The highest BCUT2D eigenvalue weighted by Gasteiger charge is 2.38. The zero-order valence-electron chi connectivity index (χ0n) is 7.45. The fraction of sp³-hybridized carbons (Fsp3) is 0.556. The zero-order chi connectivity index (χ0) is 9.47. The van der Waals surface area contributed by atoms with Crippen LogP contribution in [0.15, 0.2) is 12.2 Å². The fourth-order valence-electron chi connectivity index (χ4n) is 1.51. The summed E-state index contributed by atoms with van der Waals surface area (Å²) in [6.45, 7) is 3.74. The Morgan fingerprint density at radius 1 is 1.38 bits per heavy atom. The first-order chi connectivity index (χ1) is 6.11. The standard InChI is InChI=1S/C9H11NO3/c1-9(5-13-6-9)4-10-7(11)2-3-8(10)12/h2-3H,4-6H2,1H3. The topological polar surface area (TPSA) is 46.6 Å². The van der Waals surface area contributed by atoms with Crippen molar-refractivity contribution in [3.05, 3.63) is 12.2 Å². The number of ether oxygens (including phenoxy) is 1. The zero-order valence-corrected chi connectivity index (χ0v) is 7.45. The lowest BCUT2D eigenvalue weighted by Gasteiger charge is -2.40. The van der Waals surface area contributed by atoms with Crippen LogP contribution in [0.1, 0.15) is 6.92 Å². The van der Waals surface area contributed by atoms with E-state index in [0.717, 1.165) is 0 Å². The van der Waals surface area contributed by atoms with Crippen molar-refractivity contribution >= 4 is 11.8 Å². The number of carbonyl (C=O) groups is 2. The monoisotopic (exact) mass is 181 g/mol. The Balaban J connectivity index is 2.02. The molecule has 0 aromatic rings. The molecule has 0 aromatic carbocycles. The number of carbonyl (C=O) groups excluding carboxylic acids is 2. The lowest BCUT2D eigenvalue weighted by atomic mass is 9.88. The van der Waals surface area contributed by atoms with E-state index in [2.05, 4.69) is 0 Å². The molecule has 1 fully saturated rings. The molecule has 2 rings (SSSR count). The molecule has 2 aliphatic rings.